The van der Waals surface area contributed by atoms with Gasteiger partial charge in [-0.05, 0) is 32.0 Å². The summed E-state index contributed by atoms with van der Waals surface area (Å²) >= 11 is 0. The van der Waals surface area contributed by atoms with E-state index in [1.165, 1.54) is 32.2 Å². The lowest BCUT2D eigenvalue weighted by atomic mass is 10.00. The Bertz CT molecular complexity index is 466. The molecule has 0 fully saturated rings. The Morgan fingerprint density at radius 3 is 2.71 bits per heavy atom. The summed E-state index contributed by atoms with van der Waals surface area (Å²) in [6.45, 7) is 2.92. The molecule has 0 unspecified atom stereocenters. The molecule has 0 aliphatic heterocycles. The van der Waals surface area contributed by atoms with Crippen LogP contribution >= 0.6 is 0 Å². The number of phenols is 1. The number of furan rings is 1. The first-order valence-electron chi connectivity index (χ1n) is 4.38. The van der Waals surface area contributed by atoms with E-state index in [2.05, 4.69) is 0 Å². The molecule has 2 nitrogen and oxygen atoms in total. The Kier molecular flexibility index (Phi) is 1.77. The Hall–Kier alpha value is -1.51. The van der Waals surface area contributed by atoms with Crippen LogP contribution in [0.3, 0.4) is 0 Å². The van der Waals surface area contributed by atoms with E-state index in [1.807, 2.05) is 0 Å². The average Bonchev–Trinajstić information content (AvgIpc) is 2.45. The van der Waals surface area contributed by atoms with Gasteiger partial charge in [-0.25, -0.2) is 4.39 Å². The van der Waals surface area contributed by atoms with E-state index in [4.69, 9.17) is 4.42 Å². The van der Waals surface area contributed by atoms with Crippen LogP contribution in [-0.4, -0.2) is 5.11 Å². The van der Waals surface area contributed by atoms with Gasteiger partial charge in [0, 0.05) is 10.9 Å². The van der Waals surface area contributed by atoms with Gasteiger partial charge in [0.25, 0.3) is 0 Å². The van der Waals surface area contributed by atoms with E-state index in [0.29, 0.717) is 16.5 Å². The number of hydrogen-bond acceptors (Lipinski definition) is 2. The highest BCUT2D eigenvalue weighted by atomic mass is 19.1. The van der Waals surface area contributed by atoms with E-state index in [9.17, 15) is 9.50 Å². The van der Waals surface area contributed by atoms with Gasteiger partial charge in [-0.3, -0.25) is 0 Å². The van der Waals surface area contributed by atoms with E-state index in [0.717, 1.165) is 0 Å². The first kappa shape index (κ1) is 9.06. The third-order valence-electron chi connectivity index (χ3n) is 2.20. The molecule has 2 aromatic rings. The highest BCUT2D eigenvalue weighted by Crippen LogP contribution is 2.34. The van der Waals surface area contributed by atoms with E-state index in [-0.39, 0.29) is 5.75 Å². The van der Waals surface area contributed by atoms with Crippen molar-refractivity contribution in [1.29, 1.82) is 0 Å². The van der Waals surface area contributed by atoms with Gasteiger partial charge in [0.1, 0.15) is 17.0 Å². The van der Waals surface area contributed by atoms with Crippen molar-refractivity contribution < 1.29 is 13.9 Å². The van der Waals surface area contributed by atoms with Crippen LogP contribution in [0.4, 0.5) is 4.39 Å². The summed E-state index contributed by atoms with van der Waals surface area (Å²) in [4.78, 5) is 0. The van der Waals surface area contributed by atoms with Gasteiger partial charge in [-0.15, -0.1) is 0 Å². The maximum Gasteiger partial charge on any atom is 0.134 e. The van der Waals surface area contributed by atoms with Crippen molar-refractivity contribution in [2.24, 2.45) is 0 Å². The maximum atomic E-state index is 13.7. The minimum Gasteiger partial charge on any atom is -0.508 e. The normalized spacial score (nSPS) is 12.2. The van der Waals surface area contributed by atoms with E-state index >= 15 is 0 Å². The molecule has 1 aromatic carbocycles. The fraction of sp³-hybridized carbons (Fsp3) is 0.273. The van der Waals surface area contributed by atoms with Crippen LogP contribution in [0.2, 0.25) is 0 Å². The first-order valence-corrected chi connectivity index (χ1v) is 4.38. The Morgan fingerprint density at radius 1 is 1.36 bits per heavy atom. The minimum absolute atomic E-state index is 0.115. The zero-order chi connectivity index (χ0) is 10.3. The Balaban J connectivity index is 2.73. The van der Waals surface area contributed by atoms with Gasteiger partial charge in [0.05, 0.1) is 6.26 Å². The molecule has 0 aliphatic rings. The van der Waals surface area contributed by atoms with Gasteiger partial charge >= 0.3 is 0 Å². The summed E-state index contributed by atoms with van der Waals surface area (Å²) in [5.74, 6) is 0.115. The van der Waals surface area contributed by atoms with Crippen molar-refractivity contribution >= 4 is 11.0 Å². The number of aromatic hydroxyl groups is 1. The lowest BCUT2D eigenvalue weighted by Gasteiger charge is -2.11. The van der Waals surface area contributed by atoms with Crippen LogP contribution in [-0.2, 0) is 5.67 Å². The topological polar surface area (TPSA) is 33.4 Å². The SMILES string of the molecule is CC(C)(F)c1coc2ccc(O)cc12. The number of rotatable bonds is 1. The van der Waals surface area contributed by atoms with Crippen molar-refractivity contribution in [2.45, 2.75) is 19.5 Å². The second-order valence-electron chi connectivity index (χ2n) is 3.80. The highest BCUT2D eigenvalue weighted by Gasteiger charge is 2.23. The van der Waals surface area contributed by atoms with Gasteiger partial charge in [0.15, 0.2) is 0 Å². The number of halogens is 1. The maximum absolute atomic E-state index is 13.7. The molecule has 0 aliphatic carbocycles. The van der Waals surface area contributed by atoms with E-state index in [1.54, 1.807) is 6.07 Å². The standard InChI is InChI=1S/C11H11FO2/c1-11(2,12)9-6-14-10-4-3-7(13)5-8(9)10/h3-6,13H,1-2H3. The van der Waals surface area contributed by atoms with Crippen LogP contribution in [0.15, 0.2) is 28.9 Å². The lowest BCUT2D eigenvalue weighted by molar-refractivity contribution is 0.222. The second kappa shape index (κ2) is 2.74. The Labute approximate surface area is 81.0 Å². The number of fused-ring (bicyclic) bond motifs is 1. The Morgan fingerprint density at radius 2 is 2.07 bits per heavy atom. The minimum atomic E-state index is -1.46. The summed E-state index contributed by atoms with van der Waals surface area (Å²) in [7, 11) is 0. The van der Waals surface area contributed by atoms with Gasteiger partial charge in [-0.1, -0.05) is 0 Å². The molecule has 1 heterocycles. The molecule has 0 saturated carbocycles. The number of alkyl halides is 1. The zero-order valence-electron chi connectivity index (χ0n) is 8.04. The fourth-order valence-electron chi connectivity index (χ4n) is 1.48. The quantitative estimate of drug-likeness (QED) is 0.755. The van der Waals surface area contributed by atoms with Crippen molar-refractivity contribution in [3.8, 4) is 5.75 Å². The van der Waals surface area contributed by atoms with Crippen LogP contribution in [0.25, 0.3) is 11.0 Å². The molecule has 0 bridgehead atoms. The van der Waals surface area contributed by atoms with Crippen LogP contribution < -0.4 is 0 Å². The smallest absolute Gasteiger partial charge is 0.134 e. The third-order valence-corrected chi connectivity index (χ3v) is 2.20. The van der Waals surface area contributed by atoms with Crippen molar-refractivity contribution in [3.63, 3.8) is 0 Å². The van der Waals surface area contributed by atoms with Crippen LogP contribution in [0.1, 0.15) is 19.4 Å². The molecule has 0 atom stereocenters. The summed E-state index contributed by atoms with van der Waals surface area (Å²) in [6.07, 6.45) is 1.39. The third kappa shape index (κ3) is 1.35. The molecule has 0 amide bonds. The molecule has 0 saturated heterocycles. The summed E-state index contributed by atoms with van der Waals surface area (Å²) in [5.41, 5.74) is -0.411. The predicted molar refractivity (Wildman–Crippen MR) is 52.0 cm³/mol. The molecule has 14 heavy (non-hydrogen) atoms. The lowest BCUT2D eigenvalue weighted by Crippen LogP contribution is -2.07. The monoisotopic (exact) mass is 194 g/mol. The van der Waals surface area contributed by atoms with Crippen molar-refractivity contribution in [1.82, 2.24) is 0 Å². The molecule has 1 aromatic heterocycles. The fourth-order valence-corrected chi connectivity index (χ4v) is 1.48. The summed E-state index contributed by atoms with van der Waals surface area (Å²) in [5, 5.41) is 9.90. The molecular formula is C11H11FO2. The molecular weight excluding hydrogens is 183 g/mol. The van der Waals surface area contributed by atoms with Crippen LogP contribution in [0.5, 0.6) is 5.75 Å². The second-order valence-corrected chi connectivity index (χ2v) is 3.80. The van der Waals surface area contributed by atoms with Crippen molar-refractivity contribution in [2.75, 3.05) is 0 Å². The van der Waals surface area contributed by atoms with Gasteiger partial charge in [0.2, 0.25) is 0 Å². The highest BCUT2D eigenvalue weighted by molar-refractivity contribution is 5.83. The summed E-state index contributed by atoms with van der Waals surface area (Å²) in [6, 6.07) is 4.65. The van der Waals surface area contributed by atoms with Gasteiger partial charge in [-0.2, -0.15) is 0 Å². The molecule has 0 radical (unpaired) electrons. The number of benzene rings is 1. The molecule has 2 rings (SSSR count). The van der Waals surface area contributed by atoms with Crippen molar-refractivity contribution in [3.05, 3.63) is 30.0 Å². The molecule has 1 N–H and O–H groups in total. The van der Waals surface area contributed by atoms with E-state index < -0.39 is 5.67 Å². The zero-order valence-corrected chi connectivity index (χ0v) is 8.04. The first-order chi connectivity index (χ1) is 6.48. The number of phenolic OH excluding ortho intramolecular Hbond substituents is 1. The largest absolute Gasteiger partial charge is 0.508 e. The summed E-state index contributed by atoms with van der Waals surface area (Å²) < 4.78 is 18.9. The van der Waals surface area contributed by atoms with Gasteiger partial charge < -0.3 is 9.52 Å². The average molecular weight is 194 g/mol. The van der Waals surface area contributed by atoms with Crippen LogP contribution in [0, 0.1) is 0 Å². The molecule has 0 spiro atoms. The predicted octanol–water partition coefficient (Wildman–Crippen LogP) is 3.34. The number of hydrogen-bond donors (Lipinski definition) is 1. The molecule has 3 heteroatoms. The molecule has 74 valence electrons.